The molecule has 0 fully saturated rings. The van der Waals surface area contributed by atoms with E-state index in [4.69, 9.17) is 4.42 Å². The first-order valence-corrected chi connectivity index (χ1v) is 8.25. The van der Waals surface area contributed by atoms with E-state index < -0.39 is 15.8 Å². The van der Waals surface area contributed by atoms with E-state index in [-0.39, 0.29) is 17.5 Å². The molecule has 0 spiro atoms. The molecule has 7 heteroatoms. The molecule has 0 aliphatic carbocycles. The number of nitrogens with one attached hydrogen (secondary N) is 1. The lowest BCUT2D eigenvalue weighted by Crippen LogP contribution is -2.34. The Kier molecular flexibility index (Phi) is 5.00. The highest BCUT2D eigenvalue weighted by atomic mass is 32.2. The number of rotatable bonds is 6. The minimum atomic E-state index is -3.79. The second-order valence-corrected chi connectivity index (χ2v) is 6.99. The fraction of sp³-hybridized carbons (Fsp3) is 0.333. The molecule has 0 aliphatic rings. The van der Waals surface area contributed by atoms with Crippen molar-refractivity contribution in [1.29, 1.82) is 0 Å². The molecule has 0 saturated carbocycles. The summed E-state index contributed by atoms with van der Waals surface area (Å²) in [4.78, 5) is 1.80. The van der Waals surface area contributed by atoms with E-state index in [2.05, 4.69) is 4.72 Å². The summed E-state index contributed by atoms with van der Waals surface area (Å²) < 4.78 is 45.9. The summed E-state index contributed by atoms with van der Waals surface area (Å²) in [6.45, 7) is 1.75. The molecule has 0 unspecified atom stereocenters. The van der Waals surface area contributed by atoms with Crippen LogP contribution in [-0.4, -0.2) is 34.0 Å². The largest absolute Gasteiger partial charge is 0.468 e. The molecule has 1 aromatic heterocycles. The van der Waals surface area contributed by atoms with Crippen LogP contribution in [0.1, 0.15) is 17.4 Å². The molecule has 0 saturated heterocycles. The van der Waals surface area contributed by atoms with Crippen molar-refractivity contribution >= 4 is 10.0 Å². The van der Waals surface area contributed by atoms with Crippen molar-refractivity contribution in [2.45, 2.75) is 17.9 Å². The zero-order chi connectivity index (χ0) is 16.3. The van der Waals surface area contributed by atoms with Crippen LogP contribution in [0.15, 0.2) is 45.9 Å². The number of halogens is 1. The number of likely N-dealkylation sites (N-methyl/N-ethyl adjacent to an activating group) is 1. The fourth-order valence-electron chi connectivity index (χ4n) is 2.15. The van der Waals surface area contributed by atoms with E-state index in [1.54, 1.807) is 19.1 Å². The van der Waals surface area contributed by atoms with Crippen molar-refractivity contribution in [1.82, 2.24) is 9.62 Å². The molecule has 5 nitrogen and oxygen atoms in total. The van der Waals surface area contributed by atoms with E-state index in [0.717, 1.165) is 6.07 Å². The van der Waals surface area contributed by atoms with Crippen LogP contribution in [0, 0.1) is 12.7 Å². The van der Waals surface area contributed by atoms with Gasteiger partial charge in [0, 0.05) is 6.54 Å². The Balaban J connectivity index is 2.20. The maximum absolute atomic E-state index is 13.3. The maximum Gasteiger partial charge on any atom is 0.240 e. The highest BCUT2D eigenvalue weighted by Crippen LogP contribution is 2.20. The minimum absolute atomic E-state index is 0.0514. The van der Waals surface area contributed by atoms with Gasteiger partial charge < -0.3 is 4.42 Å². The normalized spacial score (nSPS) is 13.5. The molecule has 0 aliphatic heterocycles. The third kappa shape index (κ3) is 3.73. The first-order valence-electron chi connectivity index (χ1n) is 6.77. The highest BCUT2D eigenvalue weighted by Gasteiger charge is 2.22. The van der Waals surface area contributed by atoms with Gasteiger partial charge in [-0.05, 0) is 50.8 Å². The monoisotopic (exact) mass is 326 g/mol. The number of aryl methyl sites for hydroxylation is 1. The Morgan fingerprint density at radius 3 is 2.64 bits per heavy atom. The van der Waals surface area contributed by atoms with Gasteiger partial charge in [-0.25, -0.2) is 17.5 Å². The molecular formula is C15H19FN2O3S. The van der Waals surface area contributed by atoms with Crippen LogP contribution in [-0.2, 0) is 10.0 Å². The topological polar surface area (TPSA) is 62.6 Å². The quantitative estimate of drug-likeness (QED) is 0.885. The van der Waals surface area contributed by atoms with Crippen molar-refractivity contribution < 1.29 is 17.2 Å². The predicted molar refractivity (Wildman–Crippen MR) is 81.5 cm³/mol. The van der Waals surface area contributed by atoms with Gasteiger partial charge in [0.15, 0.2) is 0 Å². The van der Waals surface area contributed by atoms with Gasteiger partial charge in [0.1, 0.15) is 11.6 Å². The summed E-state index contributed by atoms with van der Waals surface area (Å²) >= 11 is 0. The van der Waals surface area contributed by atoms with Crippen molar-refractivity contribution in [2.75, 3.05) is 20.6 Å². The molecule has 0 amide bonds. The fourth-order valence-corrected chi connectivity index (χ4v) is 3.44. The summed E-state index contributed by atoms with van der Waals surface area (Å²) in [6.07, 6.45) is 1.54. The third-order valence-electron chi connectivity index (χ3n) is 3.40. The summed E-state index contributed by atoms with van der Waals surface area (Å²) in [5.41, 5.74) is 0.494. The minimum Gasteiger partial charge on any atom is -0.468 e. The van der Waals surface area contributed by atoms with Crippen molar-refractivity contribution in [3.05, 3.63) is 53.7 Å². The Bertz CT molecular complexity index is 727. The SMILES string of the molecule is Cc1ccc(F)cc1S(=O)(=O)NC[C@@H](c1ccco1)N(C)C. The van der Waals surface area contributed by atoms with Gasteiger partial charge in [0.25, 0.3) is 0 Å². The van der Waals surface area contributed by atoms with Crippen LogP contribution in [0.4, 0.5) is 4.39 Å². The first kappa shape index (κ1) is 16.7. The van der Waals surface area contributed by atoms with Crippen LogP contribution in [0.3, 0.4) is 0 Å². The van der Waals surface area contributed by atoms with E-state index in [9.17, 15) is 12.8 Å². The number of sulfonamides is 1. The molecule has 1 aromatic carbocycles. The Morgan fingerprint density at radius 2 is 2.05 bits per heavy atom. The molecule has 1 atom stereocenters. The van der Waals surface area contributed by atoms with Gasteiger partial charge in [-0.1, -0.05) is 6.07 Å². The summed E-state index contributed by atoms with van der Waals surface area (Å²) in [7, 11) is -0.135. The Morgan fingerprint density at radius 1 is 1.32 bits per heavy atom. The Hall–Kier alpha value is -1.70. The van der Waals surface area contributed by atoms with Gasteiger partial charge in [0.05, 0.1) is 17.2 Å². The van der Waals surface area contributed by atoms with E-state index in [0.29, 0.717) is 11.3 Å². The molecule has 120 valence electrons. The Labute approximate surface area is 129 Å². The number of hydrogen-bond acceptors (Lipinski definition) is 4. The third-order valence-corrected chi connectivity index (χ3v) is 4.97. The van der Waals surface area contributed by atoms with Gasteiger partial charge in [-0.3, -0.25) is 4.90 Å². The van der Waals surface area contributed by atoms with E-state index >= 15 is 0 Å². The van der Waals surface area contributed by atoms with E-state index in [1.807, 2.05) is 19.0 Å². The summed E-state index contributed by atoms with van der Waals surface area (Å²) in [5.74, 6) is 0.0739. The second-order valence-electron chi connectivity index (χ2n) is 5.26. The standard InChI is InChI=1S/C15H19FN2O3S/c1-11-6-7-12(16)9-15(11)22(19,20)17-10-13(18(2)3)14-5-4-8-21-14/h4-9,13,17H,10H2,1-3H3/t13-/m0/s1. The average Bonchev–Trinajstić information content (AvgIpc) is 2.95. The summed E-state index contributed by atoms with van der Waals surface area (Å²) in [6, 6.07) is 6.98. The van der Waals surface area contributed by atoms with Crippen molar-refractivity contribution in [3.63, 3.8) is 0 Å². The van der Waals surface area contributed by atoms with Gasteiger partial charge in [-0.2, -0.15) is 0 Å². The van der Waals surface area contributed by atoms with Crippen LogP contribution in [0.2, 0.25) is 0 Å². The molecule has 0 radical (unpaired) electrons. The molecule has 2 rings (SSSR count). The van der Waals surface area contributed by atoms with Crippen molar-refractivity contribution in [2.24, 2.45) is 0 Å². The average molecular weight is 326 g/mol. The lowest BCUT2D eigenvalue weighted by Gasteiger charge is -2.22. The number of hydrogen-bond donors (Lipinski definition) is 1. The lowest BCUT2D eigenvalue weighted by molar-refractivity contribution is 0.259. The highest BCUT2D eigenvalue weighted by molar-refractivity contribution is 7.89. The molecule has 1 heterocycles. The number of nitrogens with zero attached hydrogens (tertiary/aromatic N) is 1. The summed E-state index contributed by atoms with van der Waals surface area (Å²) in [5, 5.41) is 0. The molecular weight excluding hydrogens is 307 g/mol. The molecule has 0 bridgehead atoms. The molecule has 22 heavy (non-hydrogen) atoms. The number of benzene rings is 1. The zero-order valence-corrected chi connectivity index (χ0v) is 13.5. The smallest absolute Gasteiger partial charge is 0.240 e. The lowest BCUT2D eigenvalue weighted by atomic mass is 10.2. The zero-order valence-electron chi connectivity index (χ0n) is 12.7. The van der Waals surface area contributed by atoms with E-state index in [1.165, 1.54) is 18.4 Å². The first-order chi connectivity index (χ1) is 10.3. The van der Waals surface area contributed by atoms with Crippen LogP contribution in [0.25, 0.3) is 0 Å². The van der Waals surface area contributed by atoms with Crippen LogP contribution < -0.4 is 4.72 Å². The van der Waals surface area contributed by atoms with Crippen molar-refractivity contribution in [3.8, 4) is 0 Å². The van der Waals surface area contributed by atoms with Gasteiger partial charge in [-0.15, -0.1) is 0 Å². The molecule has 1 N–H and O–H groups in total. The predicted octanol–water partition coefficient (Wildman–Crippen LogP) is 2.31. The maximum atomic E-state index is 13.3. The number of furan rings is 1. The van der Waals surface area contributed by atoms with Crippen LogP contribution in [0.5, 0.6) is 0 Å². The van der Waals surface area contributed by atoms with Gasteiger partial charge in [0.2, 0.25) is 10.0 Å². The van der Waals surface area contributed by atoms with Gasteiger partial charge >= 0.3 is 0 Å². The second kappa shape index (κ2) is 6.60. The van der Waals surface area contributed by atoms with Crippen LogP contribution >= 0.6 is 0 Å². The molecule has 2 aromatic rings.